The summed E-state index contributed by atoms with van der Waals surface area (Å²) in [6.07, 6.45) is -0.609. The van der Waals surface area contributed by atoms with Crippen molar-refractivity contribution in [3.8, 4) is 0 Å². The van der Waals surface area contributed by atoms with Gasteiger partial charge in [0.15, 0.2) is 0 Å². The van der Waals surface area contributed by atoms with Gasteiger partial charge in [-0.15, -0.1) is 9.66 Å². The molecule has 0 atom stereocenters. The van der Waals surface area contributed by atoms with Gasteiger partial charge in [-0.05, 0) is 24.3 Å². The fraction of sp³-hybridized carbons (Fsp3) is 0.167. The smallest absolute Gasteiger partial charge is 0.267 e. The number of carbonyl (C=O) groups excluding carboxylic acids is 4. The van der Waals surface area contributed by atoms with Crippen LogP contribution in [0.15, 0.2) is 80.3 Å². The third kappa shape index (κ3) is 8.07. The first-order chi connectivity index (χ1) is 20.8. The average Bonchev–Trinajstić information content (AvgIpc) is 3.45. The van der Waals surface area contributed by atoms with E-state index in [0.717, 1.165) is 33.3 Å². The van der Waals surface area contributed by atoms with Crippen molar-refractivity contribution in [2.75, 3.05) is 13.1 Å². The van der Waals surface area contributed by atoms with E-state index in [9.17, 15) is 36.0 Å². The van der Waals surface area contributed by atoms with E-state index in [1.807, 2.05) is 9.66 Å². The van der Waals surface area contributed by atoms with Gasteiger partial charge in [0.05, 0.1) is 19.6 Å². The predicted octanol–water partition coefficient (Wildman–Crippen LogP) is 0.718. The van der Waals surface area contributed by atoms with Crippen LogP contribution >= 0.6 is 48.0 Å². The number of nitrogens with zero attached hydrogens (tertiary/aromatic N) is 2. The van der Waals surface area contributed by atoms with Crippen molar-refractivity contribution < 1.29 is 36.0 Å². The molecule has 2 aromatic rings. The molecule has 2 aromatic carbocycles. The second kappa shape index (κ2) is 14.2. The van der Waals surface area contributed by atoms with Crippen LogP contribution in [0.1, 0.15) is 12.8 Å². The number of hydrogen-bond donors (Lipinski definition) is 4. The molecule has 0 aromatic heterocycles. The number of amides is 4. The number of rotatable bonds is 12. The number of hydrogen-bond acceptors (Lipinski definition) is 12. The molecule has 4 rings (SSSR count). The standard InChI is InChI=1S/C24H22N6O8S6/c31-17(25-27-43(35,36)15-7-3-1-4-8-15)11-13-29-21(33)19(41-23(29)39)20-22(34)30(24(40)42-20)14-12-18(32)26-28-44(37,38)16-9-5-2-6-10-16/h1-10,27-28H,11-14H2,(H,25,31)(H,26,32)/b20-19+. The highest BCUT2D eigenvalue weighted by Crippen LogP contribution is 2.42. The molecule has 0 aliphatic carbocycles. The number of thiocarbonyl (C=S) groups is 2. The van der Waals surface area contributed by atoms with Crippen LogP contribution in [0.4, 0.5) is 0 Å². The second-order valence-corrected chi connectivity index (χ2v) is 15.4. The maximum atomic E-state index is 13.1. The molecule has 2 aliphatic heterocycles. The third-order valence-corrected chi connectivity index (χ3v) is 11.3. The van der Waals surface area contributed by atoms with E-state index < -0.39 is 43.7 Å². The van der Waals surface area contributed by atoms with Crippen molar-refractivity contribution in [3.05, 3.63) is 70.5 Å². The lowest BCUT2D eigenvalue weighted by Crippen LogP contribution is -2.43. The number of thioether (sulfide) groups is 2. The zero-order valence-corrected chi connectivity index (χ0v) is 27.1. The normalized spacial score (nSPS) is 17.4. The van der Waals surface area contributed by atoms with Gasteiger partial charge in [-0.3, -0.25) is 39.8 Å². The summed E-state index contributed by atoms with van der Waals surface area (Å²) in [6.45, 7) is -0.376. The van der Waals surface area contributed by atoms with Gasteiger partial charge in [0, 0.05) is 25.9 Å². The van der Waals surface area contributed by atoms with Crippen molar-refractivity contribution in [3.63, 3.8) is 0 Å². The molecule has 0 saturated carbocycles. The monoisotopic (exact) mass is 714 g/mol. The van der Waals surface area contributed by atoms with Crippen LogP contribution in [0.3, 0.4) is 0 Å². The highest BCUT2D eigenvalue weighted by molar-refractivity contribution is 8.29. The van der Waals surface area contributed by atoms with Crippen LogP contribution in [-0.2, 0) is 39.2 Å². The first-order valence-electron chi connectivity index (χ1n) is 12.3. The largest absolute Gasteiger partial charge is 0.292 e. The number of carbonyl (C=O) groups is 4. The molecule has 2 aliphatic rings. The molecular formula is C24H22N6O8S6. The fourth-order valence-corrected chi connectivity index (χ4v) is 8.11. The van der Waals surface area contributed by atoms with Gasteiger partial charge >= 0.3 is 0 Å². The van der Waals surface area contributed by atoms with E-state index in [4.69, 9.17) is 24.4 Å². The minimum absolute atomic E-state index is 0.000103. The van der Waals surface area contributed by atoms with Crippen LogP contribution in [0.25, 0.3) is 0 Å². The Labute approximate surface area is 271 Å². The molecule has 2 saturated heterocycles. The summed E-state index contributed by atoms with van der Waals surface area (Å²) in [7, 11) is -7.99. The van der Waals surface area contributed by atoms with Crippen LogP contribution in [-0.4, -0.2) is 72.0 Å². The van der Waals surface area contributed by atoms with E-state index >= 15 is 0 Å². The van der Waals surface area contributed by atoms with Crippen molar-refractivity contribution in [2.24, 2.45) is 0 Å². The molecule has 0 spiro atoms. The third-order valence-electron chi connectivity index (χ3n) is 5.79. The molecular weight excluding hydrogens is 693 g/mol. The van der Waals surface area contributed by atoms with Crippen LogP contribution < -0.4 is 20.5 Å². The Balaban J connectivity index is 1.29. The highest BCUT2D eigenvalue weighted by Gasteiger charge is 2.42. The first kappa shape index (κ1) is 33.6. The molecule has 0 radical (unpaired) electrons. The van der Waals surface area contributed by atoms with Crippen molar-refractivity contribution in [1.82, 2.24) is 30.3 Å². The second-order valence-electron chi connectivity index (χ2n) is 8.74. The van der Waals surface area contributed by atoms with Crippen molar-refractivity contribution >= 4 is 100 Å². The lowest BCUT2D eigenvalue weighted by atomic mass is 10.3. The molecule has 2 fully saturated rings. The van der Waals surface area contributed by atoms with Gasteiger partial charge < -0.3 is 0 Å². The molecule has 14 nitrogen and oxygen atoms in total. The van der Waals surface area contributed by atoms with E-state index in [-0.39, 0.29) is 54.2 Å². The zero-order valence-electron chi connectivity index (χ0n) is 22.2. The van der Waals surface area contributed by atoms with Gasteiger partial charge in [0.2, 0.25) is 11.8 Å². The maximum Gasteiger partial charge on any atom is 0.267 e. The van der Waals surface area contributed by atoms with E-state index in [1.54, 1.807) is 12.1 Å². The minimum Gasteiger partial charge on any atom is -0.292 e. The number of sulfonamides is 2. The summed E-state index contributed by atoms with van der Waals surface area (Å²) in [4.78, 5) is 56.8. The molecule has 0 bridgehead atoms. The summed E-state index contributed by atoms with van der Waals surface area (Å²) in [5.41, 5.74) is 4.16. The lowest BCUT2D eigenvalue weighted by Gasteiger charge is -2.15. The first-order valence-corrected chi connectivity index (χ1v) is 17.7. The van der Waals surface area contributed by atoms with Gasteiger partial charge in [-0.25, -0.2) is 16.8 Å². The Morgan fingerprint density at radius 3 is 1.32 bits per heavy atom. The number of benzene rings is 2. The Morgan fingerprint density at radius 1 is 0.636 bits per heavy atom. The Bertz CT molecular complexity index is 1640. The van der Waals surface area contributed by atoms with Gasteiger partial charge in [0.1, 0.15) is 8.64 Å². The lowest BCUT2D eigenvalue weighted by molar-refractivity contribution is -0.126. The van der Waals surface area contributed by atoms with E-state index in [1.165, 1.54) is 48.5 Å². The van der Waals surface area contributed by atoms with Crippen LogP contribution in [0.2, 0.25) is 0 Å². The van der Waals surface area contributed by atoms with Crippen molar-refractivity contribution in [1.29, 1.82) is 0 Å². The van der Waals surface area contributed by atoms with E-state index in [0.29, 0.717) is 0 Å². The number of nitrogens with one attached hydrogen (secondary N) is 4. The Hall–Kier alpha value is -3.24. The molecule has 0 unspecified atom stereocenters. The summed E-state index contributed by atoms with van der Waals surface area (Å²) >= 11 is 12.2. The molecule has 2 heterocycles. The quantitative estimate of drug-likeness (QED) is 0.137. The van der Waals surface area contributed by atoms with Crippen molar-refractivity contribution in [2.45, 2.75) is 22.6 Å². The van der Waals surface area contributed by atoms with Gasteiger partial charge in [-0.1, -0.05) is 84.4 Å². The maximum absolute atomic E-state index is 13.1. The molecule has 20 heteroatoms. The predicted molar refractivity (Wildman–Crippen MR) is 170 cm³/mol. The summed E-state index contributed by atoms with van der Waals surface area (Å²) in [5, 5.41) is 0. The summed E-state index contributed by atoms with van der Waals surface area (Å²) in [6, 6.07) is 14.8. The Morgan fingerprint density at radius 2 is 0.977 bits per heavy atom. The number of hydrazine groups is 2. The molecule has 4 amide bonds. The van der Waals surface area contributed by atoms with Gasteiger partial charge in [-0.2, -0.15) is 0 Å². The topological polar surface area (TPSA) is 191 Å². The zero-order chi connectivity index (χ0) is 32.1. The minimum atomic E-state index is -3.99. The fourth-order valence-electron chi connectivity index (χ4n) is 3.57. The van der Waals surface area contributed by atoms with Gasteiger partial charge in [0.25, 0.3) is 31.9 Å². The average molecular weight is 715 g/mol. The molecule has 232 valence electrons. The summed E-state index contributed by atoms with van der Waals surface area (Å²) < 4.78 is 49.2. The molecule has 4 N–H and O–H groups in total. The van der Waals surface area contributed by atoms with Crippen LogP contribution in [0.5, 0.6) is 0 Å². The highest BCUT2D eigenvalue weighted by atomic mass is 32.2. The SMILES string of the molecule is O=C(CCN1C(=O)/C(=C2\SC(=S)N(CCC(=O)NNS(=O)(=O)c3ccccc3)C2=O)SC1=S)NNS(=O)(=O)c1ccccc1. The van der Waals surface area contributed by atoms with E-state index in [2.05, 4.69) is 10.9 Å². The summed E-state index contributed by atoms with van der Waals surface area (Å²) in [5.74, 6) is -2.72. The Kier molecular flexibility index (Phi) is 10.9. The van der Waals surface area contributed by atoms with Crippen LogP contribution in [0, 0.1) is 0 Å². The molecule has 44 heavy (non-hydrogen) atoms.